The Hall–Kier alpha value is -1.39. The van der Waals surface area contributed by atoms with Gasteiger partial charge >= 0.3 is 0 Å². The first-order chi connectivity index (χ1) is 9.63. The highest BCUT2D eigenvalue weighted by Crippen LogP contribution is 2.26. The van der Waals surface area contributed by atoms with Gasteiger partial charge in [-0.15, -0.1) is 0 Å². The van der Waals surface area contributed by atoms with Crippen molar-refractivity contribution in [2.24, 2.45) is 0 Å². The molecule has 106 valence electrons. The summed E-state index contributed by atoms with van der Waals surface area (Å²) in [6, 6.07) is 7.77. The highest BCUT2D eigenvalue weighted by atomic mass is 35.5. The molecule has 1 aromatic heterocycles. The fourth-order valence-corrected chi connectivity index (χ4v) is 3.10. The number of carbonyl (C=O) groups excluding carboxylic acids is 1. The Morgan fingerprint density at radius 1 is 1.45 bits per heavy atom. The van der Waals surface area contributed by atoms with Gasteiger partial charge in [0.1, 0.15) is 0 Å². The number of rotatable bonds is 6. The fraction of sp³-hybridized carbons (Fsp3) is 0.333. The summed E-state index contributed by atoms with van der Waals surface area (Å²) in [6.07, 6.45) is 2.73. The second-order valence-corrected chi connectivity index (χ2v) is 6.11. The van der Waals surface area contributed by atoms with Crippen LogP contribution in [0.4, 0.5) is 5.13 Å². The molecule has 0 spiro atoms. The predicted octanol–water partition coefficient (Wildman–Crippen LogP) is 4.20. The fourth-order valence-electron chi connectivity index (χ4n) is 2.00. The van der Waals surface area contributed by atoms with E-state index in [1.807, 2.05) is 36.2 Å². The van der Waals surface area contributed by atoms with E-state index in [2.05, 4.69) is 11.9 Å². The Labute approximate surface area is 128 Å². The summed E-state index contributed by atoms with van der Waals surface area (Å²) in [5, 5.41) is 1.60. The first kappa shape index (κ1) is 15.0. The molecule has 2 rings (SSSR count). The van der Waals surface area contributed by atoms with Gasteiger partial charge in [0, 0.05) is 18.6 Å². The first-order valence-corrected chi connectivity index (χ1v) is 7.74. The molecular weight excluding hydrogens is 292 g/mol. The van der Waals surface area contributed by atoms with Crippen LogP contribution in [0.5, 0.6) is 0 Å². The van der Waals surface area contributed by atoms with Crippen LogP contribution in [0.2, 0.25) is 5.02 Å². The Morgan fingerprint density at radius 3 is 2.90 bits per heavy atom. The predicted molar refractivity (Wildman–Crippen MR) is 85.1 cm³/mol. The molecule has 5 heteroatoms. The highest BCUT2D eigenvalue weighted by Gasteiger charge is 2.13. The van der Waals surface area contributed by atoms with Gasteiger partial charge in [0.2, 0.25) is 0 Å². The van der Waals surface area contributed by atoms with E-state index in [4.69, 9.17) is 11.6 Å². The Morgan fingerprint density at radius 2 is 2.25 bits per heavy atom. The summed E-state index contributed by atoms with van der Waals surface area (Å²) in [5.41, 5.74) is 2.03. The number of aromatic nitrogens is 1. The van der Waals surface area contributed by atoms with Crippen LogP contribution in [0.15, 0.2) is 24.3 Å². The molecule has 0 unspecified atom stereocenters. The molecule has 0 aliphatic carbocycles. The number of halogens is 1. The van der Waals surface area contributed by atoms with Crippen molar-refractivity contribution in [3.05, 3.63) is 45.4 Å². The van der Waals surface area contributed by atoms with E-state index in [-0.39, 0.29) is 0 Å². The Balaban J connectivity index is 2.16. The molecule has 0 aliphatic rings. The average Bonchev–Trinajstić information content (AvgIpc) is 2.82. The van der Waals surface area contributed by atoms with E-state index in [9.17, 15) is 4.79 Å². The van der Waals surface area contributed by atoms with Crippen molar-refractivity contribution >= 4 is 34.4 Å². The van der Waals surface area contributed by atoms with Gasteiger partial charge in [-0.25, -0.2) is 4.98 Å². The highest BCUT2D eigenvalue weighted by molar-refractivity contribution is 7.17. The summed E-state index contributed by atoms with van der Waals surface area (Å²) in [7, 11) is 1.98. The standard InChI is InChI=1S/C15H17ClN2OS/c1-3-5-13-14(10-19)20-15(17-13)18(2)9-11-6-4-7-12(16)8-11/h4,6-8,10H,3,5,9H2,1-2H3. The van der Waals surface area contributed by atoms with Crippen molar-refractivity contribution < 1.29 is 4.79 Å². The molecule has 3 nitrogen and oxygen atoms in total. The zero-order valence-electron chi connectivity index (χ0n) is 11.6. The van der Waals surface area contributed by atoms with Crippen LogP contribution in [0.3, 0.4) is 0 Å². The van der Waals surface area contributed by atoms with Gasteiger partial charge < -0.3 is 4.90 Å². The average molecular weight is 309 g/mol. The van der Waals surface area contributed by atoms with E-state index in [0.29, 0.717) is 0 Å². The summed E-state index contributed by atoms with van der Waals surface area (Å²) < 4.78 is 0. The molecule has 0 bridgehead atoms. The van der Waals surface area contributed by atoms with Gasteiger partial charge in [0.25, 0.3) is 0 Å². The molecule has 1 aromatic carbocycles. The lowest BCUT2D eigenvalue weighted by Gasteiger charge is -2.15. The van der Waals surface area contributed by atoms with Crippen molar-refractivity contribution in [1.29, 1.82) is 0 Å². The van der Waals surface area contributed by atoms with E-state index < -0.39 is 0 Å². The molecular formula is C15H17ClN2OS. The SMILES string of the molecule is CCCc1nc(N(C)Cc2cccc(Cl)c2)sc1C=O. The van der Waals surface area contributed by atoms with E-state index in [1.165, 1.54) is 11.3 Å². The van der Waals surface area contributed by atoms with Gasteiger partial charge in [-0.05, 0) is 24.1 Å². The number of thiazole rings is 1. The van der Waals surface area contributed by atoms with Crippen molar-refractivity contribution in [2.75, 3.05) is 11.9 Å². The number of hydrogen-bond acceptors (Lipinski definition) is 4. The summed E-state index contributed by atoms with van der Waals surface area (Å²) in [4.78, 5) is 18.4. The number of benzene rings is 1. The second kappa shape index (κ2) is 6.86. The summed E-state index contributed by atoms with van der Waals surface area (Å²) >= 11 is 7.43. The topological polar surface area (TPSA) is 33.2 Å². The minimum atomic E-state index is 0.720. The molecule has 0 amide bonds. The number of carbonyl (C=O) groups is 1. The van der Waals surface area contributed by atoms with E-state index in [0.717, 1.165) is 52.0 Å². The molecule has 1 heterocycles. The zero-order chi connectivity index (χ0) is 14.5. The van der Waals surface area contributed by atoms with Crippen LogP contribution in [0.25, 0.3) is 0 Å². The maximum atomic E-state index is 11.1. The lowest BCUT2D eigenvalue weighted by Crippen LogP contribution is -2.16. The third-order valence-electron chi connectivity index (χ3n) is 2.95. The normalized spacial score (nSPS) is 10.6. The maximum Gasteiger partial charge on any atom is 0.186 e. The largest absolute Gasteiger partial charge is 0.347 e. The van der Waals surface area contributed by atoms with Crippen LogP contribution >= 0.6 is 22.9 Å². The molecule has 0 fully saturated rings. The lowest BCUT2D eigenvalue weighted by atomic mass is 10.2. The lowest BCUT2D eigenvalue weighted by molar-refractivity contribution is 0.112. The number of anilines is 1. The number of nitrogens with zero attached hydrogens (tertiary/aromatic N) is 2. The number of aldehydes is 1. The van der Waals surface area contributed by atoms with Crippen LogP contribution in [-0.2, 0) is 13.0 Å². The smallest absolute Gasteiger partial charge is 0.186 e. The minimum absolute atomic E-state index is 0.720. The maximum absolute atomic E-state index is 11.1. The van der Waals surface area contributed by atoms with Crippen molar-refractivity contribution in [3.8, 4) is 0 Å². The Kier molecular flexibility index (Phi) is 5.15. The minimum Gasteiger partial charge on any atom is -0.347 e. The van der Waals surface area contributed by atoms with E-state index in [1.54, 1.807) is 0 Å². The molecule has 0 saturated carbocycles. The molecule has 2 aromatic rings. The van der Waals surface area contributed by atoms with Crippen molar-refractivity contribution in [1.82, 2.24) is 4.98 Å². The van der Waals surface area contributed by atoms with Crippen LogP contribution < -0.4 is 4.90 Å². The van der Waals surface area contributed by atoms with Gasteiger partial charge in [-0.3, -0.25) is 4.79 Å². The third-order valence-corrected chi connectivity index (χ3v) is 4.32. The van der Waals surface area contributed by atoms with Crippen molar-refractivity contribution in [3.63, 3.8) is 0 Å². The zero-order valence-corrected chi connectivity index (χ0v) is 13.2. The molecule has 0 saturated heterocycles. The van der Waals surface area contributed by atoms with E-state index >= 15 is 0 Å². The van der Waals surface area contributed by atoms with Crippen LogP contribution in [-0.4, -0.2) is 18.3 Å². The van der Waals surface area contributed by atoms with Gasteiger partial charge in [-0.1, -0.05) is 48.4 Å². The molecule has 0 N–H and O–H groups in total. The van der Waals surface area contributed by atoms with Crippen LogP contribution in [0, 0.1) is 0 Å². The summed E-state index contributed by atoms with van der Waals surface area (Å²) in [6.45, 7) is 2.81. The van der Waals surface area contributed by atoms with Gasteiger partial charge in [0.15, 0.2) is 11.4 Å². The number of hydrogen-bond donors (Lipinski definition) is 0. The second-order valence-electron chi connectivity index (χ2n) is 4.66. The molecule has 0 radical (unpaired) electrons. The van der Waals surface area contributed by atoms with Crippen molar-refractivity contribution in [2.45, 2.75) is 26.3 Å². The summed E-state index contributed by atoms with van der Waals surface area (Å²) in [5.74, 6) is 0. The van der Waals surface area contributed by atoms with Gasteiger partial charge in [0.05, 0.1) is 10.6 Å². The van der Waals surface area contributed by atoms with Gasteiger partial charge in [-0.2, -0.15) is 0 Å². The monoisotopic (exact) mass is 308 g/mol. The molecule has 0 atom stereocenters. The number of aryl methyl sites for hydroxylation is 1. The molecule has 20 heavy (non-hydrogen) atoms. The Bertz CT molecular complexity index is 597. The first-order valence-electron chi connectivity index (χ1n) is 6.54. The molecule has 0 aliphatic heterocycles. The third kappa shape index (κ3) is 3.58. The van der Waals surface area contributed by atoms with Crippen LogP contribution in [0.1, 0.15) is 34.3 Å². The quantitative estimate of drug-likeness (QED) is 0.750.